The van der Waals surface area contributed by atoms with E-state index >= 15 is 0 Å². The predicted octanol–water partition coefficient (Wildman–Crippen LogP) is 3.08. The number of anilines is 1. The van der Waals surface area contributed by atoms with E-state index < -0.39 is 15.8 Å². The maximum Gasteiger partial charge on any atom is 0.227 e. The Morgan fingerprint density at radius 3 is 2.32 bits per heavy atom. The molecule has 0 saturated carbocycles. The number of carbonyl (C=O) groups excluding carboxylic acids is 2. The summed E-state index contributed by atoms with van der Waals surface area (Å²) >= 11 is 3.37. The number of hydrogen-bond donors (Lipinski definition) is 1. The third kappa shape index (κ3) is 4.62. The van der Waals surface area contributed by atoms with Gasteiger partial charge in [-0.2, -0.15) is 0 Å². The standard InChI is InChI=1S/C20H21BrN2O4S/c1-13(14-3-9-18(10-4-14)28(2,26)27)22-20(25)15-11-19(24)23(12-15)17-7-5-16(21)6-8-17/h3-10,13,15H,11-12H2,1-2H3,(H,22,25). The van der Waals surface area contributed by atoms with Crippen molar-refractivity contribution in [3.05, 3.63) is 58.6 Å². The molecule has 2 atom stereocenters. The van der Waals surface area contributed by atoms with Crippen molar-refractivity contribution in [3.63, 3.8) is 0 Å². The van der Waals surface area contributed by atoms with Crippen molar-refractivity contribution >= 4 is 43.3 Å². The quantitative estimate of drug-likeness (QED) is 0.736. The number of benzene rings is 2. The average Bonchev–Trinajstić information content (AvgIpc) is 3.03. The van der Waals surface area contributed by atoms with Crippen LogP contribution in [0.1, 0.15) is 24.9 Å². The SMILES string of the molecule is CC(NC(=O)C1CC(=O)N(c2ccc(Br)cc2)C1)c1ccc(S(C)(=O)=O)cc1. The second kappa shape index (κ2) is 8.05. The van der Waals surface area contributed by atoms with Crippen LogP contribution >= 0.6 is 15.9 Å². The highest BCUT2D eigenvalue weighted by atomic mass is 79.9. The van der Waals surface area contributed by atoms with Gasteiger partial charge in [0.25, 0.3) is 0 Å². The van der Waals surface area contributed by atoms with Gasteiger partial charge >= 0.3 is 0 Å². The summed E-state index contributed by atoms with van der Waals surface area (Å²) < 4.78 is 24.0. The van der Waals surface area contributed by atoms with Crippen LogP contribution in [0.15, 0.2) is 57.9 Å². The van der Waals surface area contributed by atoms with Crippen molar-refractivity contribution in [2.24, 2.45) is 5.92 Å². The Bertz CT molecular complexity index is 988. The molecule has 2 amide bonds. The zero-order valence-electron chi connectivity index (χ0n) is 15.6. The number of hydrogen-bond acceptors (Lipinski definition) is 4. The van der Waals surface area contributed by atoms with E-state index in [9.17, 15) is 18.0 Å². The van der Waals surface area contributed by atoms with Gasteiger partial charge in [0.2, 0.25) is 11.8 Å². The third-order valence-corrected chi connectivity index (χ3v) is 6.46. The Morgan fingerprint density at radius 2 is 1.75 bits per heavy atom. The molecular formula is C20H21BrN2O4S. The zero-order valence-corrected chi connectivity index (χ0v) is 18.0. The molecule has 6 nitrogen and oxygen atoms in total. The monoisotopic (exact) mass is 464 g/mol. The predicted molar refractivity (Wildman–Crippen MR) is 111 cm³/mol. The topological polar surface area (TPSA) is 83.6 Å². The normalized spacial score (nSPS) is 18.2. The largest absolute Gasteiger partial charge is 0.349 e. The van der Waals surface area contributed by atoms with Crippen LogP contribution < -0.4 is 10.2 Å². The molecule has 2 aromatic rings. The second-order valence-corrected chi connectivity index (χ2v) is 9.88. The van der Waals surface area contributed by atoms with Crippen molar-refractivity contribution < 1.29 is 18.0 Å². The van der Waals surface area contributed by atoms with E-state index in [1.165, 1.54) is 12.1 Å². The highest BCUT2D eigenvalue weighted by Gasteiger charge is 2.35. The van der Waals surface area contributed by atoms with Crippen LogP contribution in [0.3, 0.4) is 0 Å². The lowest BCUT2D eigenvalue weighted by Gasteiger charge is -2.19. The van der Waals surface area contributed by atoms with E-state index in [-0.39, 0.29) is 29.2 Å². The van der Waals surface area contributed by atoms with E-state index in [4.69, 9.17) is 0 Å². The van der Waals surface area contributed by atoms with Crippen molar-refractivity contribution in [1.29, 1.82) is 0 Å². The zero-order chi connectivity index (χ0) is 20.5. The molecule has 2 unspecified atom stereocenters. The third-order valence-electron chi connectivity index (χ3n) is 4.80. The highest BCUT2D eigenvalue weighted by molar-refractivity contribution is 9.10. The number of carbonyl (C=O) groups is 2. The number of rotatable bonds is 5. The molecular weight excluding hydrogens is 444 g/mol. The van der Waals surface area contributed by atoms with E-state index in [1.807, 2.05) is 31.2 Å². The van der Waals surface area contributed by atoms with Crippen molar-refractivity contribution in [1.82, 2.24) is 5.32 Å². The lowest BCUT2D eigenvalue weighted by Crippen LogP contribution is -2.34. The van der Waals surface area contributed by atoms with Crippen LogP contribution in [0.4, 0.5) is 5.69 Å². The molecule has 148 valence electrons. The van der Waals surface area contributed by atoms with Gasteiger partial charge in [-0.15, -0.1) is 0 Å². The molecule has 0 aliphatic carbocycles. The summed E-state index contributed by atoms with van der Waals surface area (Å²) in [7, 11) is -3.26. The molecule has 1 aliphatic rings. The van der Waals surface area contributed by atoms with Crippen LogP contribution in [0.5, 0.6) is 0 Å². The molecule has 1 heterocycles. The van der Waals surface area contributed by atoms with E-state index in [0.29, 0.717) is 6.54 Å². The molecule has 3 rings (SSSR count). The molecule has 1 saturated heterocycles. The van der Waals surface area contributed by atoms with Gasteiger partial charge in [0.1, 0.15) is 0 Å². The van der Waals surface area contributed by atoms with Crippen molar-refractivity contribution in [2.45, 2.75) is 24.3 Å². The van der Waals surface area contributed by atoms with Crippen LogP contribution in [-0.2, 0) is 19.4 Å². The summed E-state index contributed by atoms with van der Waals surface area (Å²) in [4.78, 5) is 26.8. The summed E-state index contributed by atoms with van der Waals surface area (Å²) in [5, 5.41) is 2.92. The lowest BCUT2D eigenvalue weighted by atomic mass is 10.1. The van der Waals surface area contributed by atoms with Crippen molar-refractivity contribution in [2.75, 3.05) is 17.7 Å². The van der Waals surface area contributed by atoms with E-state index in [0.717, 1.165) is 22.0 Å². The fraction of sp³-hybridized carbons (Fsp3) is 0.300. The second-order valence-electron chi connectivity index (χ2n) is 6.95. The molecule has 1 N–H and O–H groups in total. The molecule has 1 fully saturated rings. The summed E-state index contributed by atoms with van der Waals surface area (Å²) in [6, 6.07) is 13.5. The van der Waals surface area contributed by atoms with Gasteiger partial charge in [0.15, 0.2) is 9.84 Å². The van der Waals surface area contributed by atoms with Crippen LogP contribution in [0.25, 0.3) is 0 Å². The van der Waals surface area contributed by atoms with Gasteiger partial charge in [-0.25, -0.2) is 8.42 Å². The van der Waals surface area contributed by atoms with Gasteiger partial charge < -0.3 is 10.2 Å². The molecule has 0 radical (unpaired) electrons. The minimum Gasteiger partial charge on any atom is -0.349 e. The van der Waals surface area contributed by atoms with E-state index in [2.05, 4.69) is 21.2 Å². The molecule has 1 aliphatic heterocycles. The number of sulfone groups is 1. The summed E-state index contributed by atoms with van der Waals surface area (Å²) in [6.45, 7) is 2.17. The van der Waals surface area contributed by atoms with Gasteiger partial charge in [-0.3, -0.25) is 9.59 Å². The maximum atomic E-state index is 12.6. The van der Waals surface area contributed by atoms with Crippen LogP contribution in [0, 0.1) is 5.92 Å². The number of halogens is 1. The summed E-state index contributed by atoms with van der Waals surface area (Å²) in [6.07, 6.45) is 1.32. The Kier molecular flexibility index (Phi) is 5.90. The molecule has 0 bridgehead atoms. The number of amides is 2. The molecule has 28 heavy (non-hydrogen) atoms. The minimum absolute atomic E-state index is 0.0763. The van der Waals surface area contributed by atoms with Crippen LogP contribution in [0.2, 0.25) is 0 Å². The Labute approximate surface area is 173 Å². The Balaban J connectivity index is 1.64. The Morgan fingerprint density at radius 1 is 1.14 bits per heavy atom. The average molecular weight is 465 g/mol. The smallest absolute Gasteiger partial charge is 0.227 e. The van der Waals surface area contributed by atoms with Gasteiger partial charge in [-0.05, 0) is 48.9 Å². The first kappa shape index (κ1) is 20.5. The van der Waals surface area contributed by atoms with E-state index in [1.54, 1.807) is 17.0 Å². The maximum absolute atomic E-state index is 12.6. The van der Waals surface area contributed by atoms with Gasteiger partial charge in [-0.1, -0.05) is 28.1 Å². The fourth-order valence-electron chi connectivity index (χ4n) is 3.17. The van der Waals surface area contributed by atoms with Gasteiger partial charge in [0, 0.05) is 29.4 Å². The first-order valence-electron chi connectivity index (χ1n) is 8.81. The molecule has 8 heteroatoms. The lowest BCUT2D eigenvalue weighted by molar-refractivity contribution is -0.126. The highest BCUT2D eigenvalue weighted by Crippen LogP contribution is 2.27. The Hall–Kier alpha value is -2.19. The minimum atomic E-state index is -3.26. The summed E-state index contributed by atoms with van der Waals surface area (Å²) in [5.74, 6) is -0.686. The van der Waals surface area contributed by atoms with Gasteiger partial charge in [0.05, 0.1) is 16.9 Å². The first-order chi connectivity index (χ1) is 13.1. The molecule has 0 spiro atoms. The molecule has 0 aromatic heterocycles. The summed E-state index contributed by atoms with van der Waals surface area (Å²) in [5.41, 5.74) is 1.57. The first-order valence-corrected chi connectivity index (χ1v) is 11.5. The fourth-order valence-corrected chi connectivity index (χ4v) is 4.07. The van der Waals surface area contributed by atoms with Crippen molar-refractivity contribution in [3.8, 4) is 0 Å². The number of nitrogens with one attached hydrogen (secondary N) is 1. The van der Waals surface area contributed by atoms with Crippen LogP contribution in [-0.4, -0.2) is 33.0 Å². The molecule has 2 aromatic carbocycles. The number of nitrogens with zero attached hydrogens (tertiary/aromatic N) is 1.